The first kappa shape index (κ1) is 22.2. The van der Waals surface area contributed by atoms with Crippen LogP contribution >= 0.6 is 0 Å². The lowest BCUT2D eigenvalue weighted by Crippen LogP contribution is -2.03. The smallest absolute Gasteiger partial charge is 0.337 e. The molecule has 0 aliphatic heterocycles. The van der Waals surface area contributed by atoms with E-state index in [0.29, 0.717) is 12.1 Å². The van der Waals surface area contributed by atoms with Gasteiger partial charge in [-0.05, 0) is 60.2 Å². The summed E-state index contributed by atoms with van der Waals surface area (Å²) in [5, 5.41) is 1.12. The van der Waals surface area contributed by atoms with Crippen molar-refractivity contribution in [3.05, 3.63) is 126 Å². The van der Waals surface area contributed by atoms with E-state index >= 15 is 0 Å². The summed E-state index contributed by atoms with van der Waals surface area (Å²) in [6, 6.07) is 33.1. The Bertz CT molecular complexity index is 1490. The van der Waals surface area contributed by atoms with Gasteiger partial charge in [-0.2, -0.15) is 0 Å². The molecule has 0 N–H and O–H groups in total. The van der Waals surface area contributed by atoms with Gasteiger partial charge in [-0.3, -0.25) is 4.99 Å². The Balaban J connectivity index is 1.37. The number of aliphatic imine (C=N–C) groups is 1. The van der Waals surface area contributed by atoms with Gasteiger partial charge in [-0.25, -0.2) is 4.79 Å². The van der Waals surface area contributed by atoms with Crippen LogP contribution in [0.15, 0.2) is 114 Å². The molecule has 172 valence electrons. The summed E-state index contributed by atoms with van der Waals surface area (Å²) in [7, 11) is 1.39. The van der Waals surface area contributed by atoms with E-state index in [1.807, 2.05) is 91.1 Å². The van der Waals surface area contributed by atoms with E-state index in [0.717, 1.165) is 39.2 Å². The summed E-state index contributed by atoms with van der Waals surface area (Å²) in [5.74, 6) is 1.23. The van der Waals surface area contributed by atoms with Crippen molar-refractivity contribution in [2.45, 2.75) is 6.54 Å². The second-order valence-electron chi connectivity index (χ2n) is 8.09. The van der Waals surface area contributed by atoms with E-state index in [4.69, 9.17) is 9.47 Å². The van der Waals surface area contributed by atoms with E-state index in [2.05, 4.69) is 27.9 Å². The van der Waals surface area contributed by atoms with E-state index < -0.39 is 0 Å². The highest BCUT2D eigenvalue weighted by atomic mass is 16.5. The van der Waals surface area contributed by atoms with Crippen molar-refractivity contribution >= 4 is 28.8 Å². The summed E-state index contributed by atoms with van der Waals surface area (Å²) >= 11 is 0. The molecule has 0 saturated carbocycles. The minimum Gasteiger partial charge on any atom is -0.465 e. The number of carbonyl (C=O) groups is 1. The number of carbonyl (C=O) groups excluding carboxylic acids is 1. The molecule has 0 aliphatic rings. The molecule has 0 amide bonds. The molecule has 0 unspecified atom stereocenters. The third-order valence-electron chi connectivity index (χ3n) is 5.69. The maximum absolute atomic E-state index is 11.9. The van der Waals surface area contributed by atoms with Crippen LogP contribution in [-0.4, -0.2) is 23.9 Å². The Morgan fingerprint density at radius 2 is 1.60 bits per heavy atom. The Morgan fingerprint density at radius 3 is 2.40 bits per heavy atom. The number of hydrogen-bond donors (Lipinski definition) is 0. The average Bonchev–Trinajstić information content (AvgIpc) is 3.26. The van der Waals surface area contributed by atoms with Gasteiger partial charge >= 0.3 is 5.97 Å². The van der Waals surface area contributed by atoms with Crippen molar-refractivity contribution in [2.24, 2.45) is 4.99 Å². The van der Waals surface area contributed by atoms with Gasteiger partial charge in [-0.15, -0.1) is 0 Å². The topological polar surface area (TPSA) is 52.8 Å². The molecular weight excluding hydrogens is 436 g/mol. The van der Waals surface area contributed by atoms with E-state index in [1.165, 1.54) is 7.11 Å². The first-order chi connectivity index (χ1) is 17.2. The molecule has 0 atom stereocenters. The lowest BCUT2D eigenvalue weighted by molar-refractivity contribution is 0.0600. The predicted molar refractivity (Wildman–Crippen MR) is 139 cm³/mol. The van der Waals surface area contributed by atoms with Gasteiger partial charge < -0.3 is 14.0 Å². The number of hydrogen-bond acceptors (Lipinski definition) is 4. The molecule has 0 fully saturated rings. The van der Waals surface area contributed by atoms with Gasteiger partial charge in [0.15, 0.2) is 0 Å². The third-order valence-corrected chi connectivity index (χ3v) is 5.69. The molecule has 1 aromatic heterocycles. The van der Waals surface area contributed by atoms with Crippen LogP contribution in [-0.2, 0) is 11.3 Å². The summed E-state index contributed by atoms with van der Waals surface area (Å²) in [6.07, 6.45) is 3.97. The molecule has 5 nitrogen and oxygen atoms in total. The largest absolute Gasteiger partial charge is 0.465 e. The molecule has 0 aliphatic carbocycles. The van der Waals surface area contributed by atoms with Gasteiger partial charge in [0.1, 0.15) is 11.5 Å². The van der Waals surface area contributed by atoms with E-state index in [-0.39, 0.29) is 5.97 Å². The Labute approximate surface area is 203 Å². The van der Waals surface area contributed by atoms with Crippen LogP contribution < -0.4 is 4.74 Å². The summed E-state index contributed by atoms with van der Waals surface area (Å²) in [4.78, 5) is 16.6. The molecule has 0 saturated heterocycles. The normalized spacial score (nSPS) is 11.1. The number of aromatic nitrogens is 1. The van der Waals surface area contributed by atoms with Crippen LogP contribution in [0.1, 0.15) is 21.5 Å². The average molecular weight is 461 g/mol. The predicted octanol–water partition coefficient (Wildman–Crippen LogP) is 7.02. The van der Waals surface area contributed by atoms with Crippen molar-refractivity contribution < 1.29 is 14.3 Å². The van der Waals surface area contributed by atoms with Gasteiger partial charge in [0, 0.05) is 35.4 Å². The third kappa shape index (κ3) is 5.14. The fourth-order valence-corrected chi connectivity index (χ4v) is 3.99. The molecule has 5 heteroatoms. The van der Waals surface area contributed by atoms with Crippen LogP contribution in [0.5, 0.6) is 11.5 Å². The van der Waals surface area contributed by atoms with Crippen LogP contribution in [0.2, 0.25) is 0 Å². The lowest BCUT2D eigenvalue weighted by atomic mass is 10.1. The minimum atomic E-state index is -0.336. The molecule has 5 rings (SSSR count). The first-order valence-corrected chi connectivity index (χ1v) is 11.3. The number of ether oxygens (including phenoxy) is 2. The lowest BCUT2D eigenvalue weighted by Gasteiger charge is -2.07. The monoisotopic (exact) mass is 460 g/mol. The van der Waals surface area contributed by atoms with Gasteiger partial charge in [-0.1, -0.05) is 48.5 Å². The number of methoxy groups -OCH3 is 1. The minimum absolute atomic E-state index is 0.336. The fourth-order valence-electron chi connectivity index (χ4n) is 3.99. The zero-order valence-corrected chi connectivity index (χ0v) is 19.3. The van der Waals surface area contributed by atoms with Crippen LogP contribution in [0.25, 0.3) is 10.9 Å². The highest BCUT2D eigenvalue weighted by molar-refractivity contribution is 6.00. The fraction of sp³-hybridized carbons (Fsp3) is 0.0667. The standard InChI is InChI=1S/C30H24N2O3/c1-34-30(33)23-9-7-8-22(18-23)20-32-21-24(28-12-5-6-13-29(28)32)19-31-25-14-16-27(17-15-25)35-26-10-3-2-4-11-26/h2-19,21H,20H2,1H3. The van der Waals surface area contributed by atoms with Crippen molar-refractivity contribution in [1.29, 1.82) is 0 Å². The number of rotatable bonds is 7. The number of fused-ring (bicyclic) bond motifs is 1. The molecule has 4 aromatic carbocycles. The van der Waals surface area contributed by atoms with Crippen LogP contribution in [0.3, 0.4) is 0 Å². The second kappa shape index (κ2) is 10.1. The summed E-state index contributed by atoms with van der Waals surface area (Å²) in [6.45, 7) is 0.630. The van der Waals surface area contributed by atoms with Gasteiger partial charge in [0.25, 0.3) is 0 Å². The number of esters is 1. The Morgan fingerprint density at radius 1 is 0.857 bits per heavy atom. The molecule has 35 heavy (non-hydrogen) atoms. The highest BCUT2D eigenvalue weighted by Crippen LogP contribution is 2.25. The van der Waals surface area contributed by atoms with Crippen molar-refractivity contribution in [3.8, 4) is 11.5 Å². The second-order valence-corrected chi connectivity index (χ2v) is 8.09. The SMILES string of the molecule is COC(=O)c1cccc(Cn2cc(C=Nc3ccc(Oc4ccccc4)cc3)c3ccccc32)c1. The Hall–Kier alpha value is -4.64. The zero-order valence-electron chi connectivity index (χ0n) is 19.3. The first-order valence-electron chi connectivity index (χ1n) is 11.3. The molecule has 1 heterocycles. The quantitative estimate of drug-likeness (QED) is 0.194. The zero-order chi connectivity index (χ0) is 24.0. The maximum atomic E-state index is 11.9. The Kier molecular flexibility index (Phi) is 6.39. The van der Waals surface area contributed by atoms with Gasteiger partial charge in [0.2, 0.25) is 0 Å². The van der Waals surface area contributed by atoms with E-state index in [9.17, 15) is 4.79 Å². The van der Waals surface area contributed by atoms with Crippen molar-refractivity contribution in [3.63, 3.8) is 0 Å². The molecule has 0 bridgehead atoms. The summed E-state index contributed by atoms with van der Waals surface area (Å²) < 4.78 is 12.9. The van der Waals surface area contributed by atoms with Crippen molar-refractivity contribution in [2.75, 3.05) is 7.11 Å². The molecular formula is C30H24N2O3. The number of para-hydroxylation sites is 2. The van der Waals surface area contributed by atoms with E-state index in [1.54, 1.807) is 6.07 Å². The van der Waals surface area contributed by atoms with Crippen molar-refractivity contribution in [1.82, 2.24) is 4.57 Å². The van der Waals surface area contributed by atoms with Crippen LogP contribution in [0.4, 0.5) is 5.69 Å². The number of benzene rings is 4. The molecule has 0 spiro atoms. The van der Waals surface area contributed by atoms with Crippen LogP contribution in [0, 0.1) is 0 Å². The van der Waals surface area contributed by atoms with Gasteiger partial charge in [0.05, 0.1) is 18.4 Å². The number of nitrogens with zero attached hydrogens (tertiary/aromatic N) is 2. The molecule has 5 aromatic rings. The highest BCUT2D eigenvalue weighted by Gasteiger charge is 2.10. The maximum Gasteiger partial charge on any atom is 0.337 e. The molecule has 0 radical (unpaired) electrons. The summed E-state index contributed by atoms with van der Waals surface area (Å²) in [5.41, 5.74) is 4.53.